The molecule has 8 nitrogen and oxygen atoms in total. The van der Waals surface area contributed by atoms with Gasteiger partial charge in [-0.15, -0.1) is 4.36 Å². The van der Waals surface area contributed by atoms with Crippen molar-refractivity contribution in [2.24, 2.45) is 9.50 Å². The second-order valence-corrected chi connectivity index (χ2v) is 10.7. The molecule has 5 rings (SSSR count). The molecule has 0 spiro atoms. The van der Waals surface area contributed by atoms with Crippen molar-refractivity contribution in [3.63, 3.8) is 0 Å². The molecule has 2 aromatic rings. The van der Waals surface area contributed by atoms with Gasteiger partial charge in [0, 0.05) is 12.1 Å². The van der Waals surface area contributed by atoms with Crippen LogP contribution in [-0.2, 0) is 41.1 Å². The molecule has 160 valence electrons. The van der Waals surface area contributed by atoms with E-state index in [1.54, 1.807) is 4.68 Å². The first-order valence-electron chi connectivity index (χ1n) is 10.5. The van der Waals surface area contributed by atoms with Crippen LogP contribution < -0.4 is 15.2 Å². The van der Waals surface area contributed by atoms with E-state index in [1.807, 2.05) is 13.8 Å². The number of benzene rings is 1. The fourth-order valence-electron chi connectivity index (χ4n) is 4.86. The summed E-state index contributed by atoms with van der Waals surface area (Å²) in [5.41, 5.74) is 5.57. The highest BCUT2D eigenvalue weighted by molar-refractivity contribution is 7.91. The van der Waals surface area contributed by atoms with Crippen LogP contribution in [0.4, 0.5) is 10.5 Å². The van der Waals surface area contributed by atoms with E-state index in [2.05, 4.69) is 20.8 Å². The van der Waals surface area contributed by atoms with Gasteiger partial charge in [-0.25, -0.2) is 18.8 Å². The molecule has 0 unspecified atom stereocenters. The first-order chi connectivity index (χ1) is 14.3. The maximum atomic E-state index is 13.2. The number of ether oxygens (including phenoxy) is 1. The zero-order chi connectivity index (χ0) is 21.1. The second-order valence-electron chi connectivity index (χ2n) is 8.96. The number of carbonyl (C=O) groups is 1. The average molecular weight is 430 g/mol. The lowest BCUT2D eigenvalue weighted by Gasteiger charge is -2.31. The Morgan fingerprint density at radius 3 is 2.57 bits per heavy atom. The molecule has 0 bridgehead atoms. The number of aromatic nitrogens is 2. The lowest BCUT2D eigenvalue weighted by atomic mass is 9.99. The third kappa shape index (κ3) is 3.11. The van der Waals surface area contributed by atoms with Gasteiger partial charge in [0.2, 0.25) is 5.88 Å². The first-order valence-corrected chi connectivity index (χ1v) is 12.1. The van der Waals surface area contributed by atoms with Crippen molar-refractivity contribution in [3.8, 4) is 5.88 Å². The Bertz CT molecular complexity index is 1140. The molecule has 1 aromatic heterocycles. The molecule has 9 heteroatoms. The van der Waals surface area contributed by atoms with Gasteiger partial charge >= 0.3 is 6.03 Å². The van der Waals surface area contributed by atoms with Crippen molar-refractivity contribution in [2.45, 2.75) is 69.2 Å². The van der Waals surface area contributed by atoms with E-state index in [0.717, 1.165) is 50.6 Å². The summed E-state index contributed by atoms with van der Waals surface area (Å²) < 4.78 is 24.4. The van der Waals surface area contributed by atoms with Gasteiger partial charge in [0.15, 0.2) is 9.92 Å². The van der Waals surface area contributed by atoms with E-state index in [9.17, 15) is 9.00 Å². The third-order valence-electron chi connectivity index (χ3n) is 6.46. The number of amides is 2. The van der Waals surface area contributed by atoms with Crippen molar-refractivity contribution in [3.05, 3.63) is 34.5 Å². The van der Waals surface area contributed by atoms with Crippen molar-refractivity contribution < 1.29 is 13.7 Å². The Kier molecular flexibility index (Phi) is 4.44. The van der Waals surface area contributed by atoms with Crippen LogP contribution in [-0.4, -0.2) is 26.6 Å². The molecule has 1 atom stereocenters. The minimum Gasteiger partial charge on any atom is -0.477 e. The summed E-state index contributed by atoms with van der Waals surface area (Å²) in [6, 6.07) is 1.61. The van der Waals surface area contributed by atoms with Crippen LogP contribution in [0.1, 0.15) is 55.4 Å². The lowest BCUT2D eigenvalue weighted by Crippen LogP contribution is -2.34. The van der Waals surface area contributed by atoms with Gasteiger partial charge < -0.3 is 10.1 Å². The summed E-state index contributed by atoms with van der Waals surface area (Å²) in [5.74, 6) is 0.330. The van der Waals surface area contributed by atoms with Gasteiger partial charge in [0.25, 0.3) is 0 Å². The number of nitrogens with one attached hydrogen (secondary N) is 1. The monoisotopic (exact) mass is 429 g/mol. The molecule has 0 saturated carbocycles. The van der Waals surface area contributed by atoms with Crippen molar-refractivity contribution in [2.75, 3.05) is 11.9 Å². The van der Waals surface area contributed by atoms with E-state index in [-0.39, 0.29) is 10.4 Å². The normalized spacial score (nSPS) is 20.5. The van der Waals surface area contributed by atoms with Crippen LogP contribution >= 0.6 is 0 Å². The van der Waals surface area contributed by atoms with Crippen LogP contribution in [0.15, 0.2) is 21.5 Å². The highest BCUT2D eigenvalue weighted by atomic mass is 32.2. The van der Waals surface area contributed by atoms with Gasteiger partial charge in [0.1, 0.15) is 4.90 Å². The second kappa shape index (κ2) is 6.81. The Hall–Kier alpha value is -2.39. The number of carbonyl (C=O) groups excluding carboxylic acids is 1. The Labute approximate surface area is 176 Å². The van der Waals surface area contributed by atoms with Crippen molar-refractivity contribution >= 4 is 21.6 Å². The first kappa shape index (κ1) is 19.6. The quantitative estimate of drug-likeness (QED) is 0.763. The summed E-state index contributed by atoms with van der Waals surface area (Å²) in [4.78, 5) is 13.0. The number of rotatable bonds is 2. The highest BCUT2D eigenvalue weighted by Gasteiger charge is 2.34. The number of aryl methyl sites for hydroxylation is 2. The summed E-state index contributed by atoms with van der Waals surface area (Å²) in [6.07, 6.45) is 8.29. The van der Waals surface area contributed by atoms with Crippen LogP contribution in [0.2, 0.25) is 0 Å². The standard InChI is InChI=1S/C21H27N5O3S/c1-21(2)9-10-29-19-17(12-23-26(19)21)30(22,28)25-20(27)24-18-15-7-3-5-13(15)11-14-6-4-8-16(14)18/h11-12H,3-10H2,1-2H3,(H3,22,24,25,27,28)/t30-/m1/s1. The summed E-state index contributed by atoms with van der Waals surface area (Å²) in [7, 11) is -3.50. The predicted octanol–water partition coefficient (Wildman–Crippen LogP) is 3.31. The number of hydrogen-bond donors (Lipinski definition) is 2. The van der Waals surface area contributed by atoms with Gasteiger partial charge in [-0.2, -0.15) is 5.10 Å². The molecule has 0 radical (unpaired) electrons. The molecule has 2 amide bonds. The zero-order valence-corrected chi connectivity index (χ0v) is 18.2. The Morgan fingerprint density at radius 2 is 1.90 bits per heavy atom. The van der Waals surface area contributed by atoms with E-state index in [0.29, 0.717) is 12.5 Å². The molecule has 2 heterocycles. The van der Waals surface area contributed by atoms with Crippen LogP contribution in [0, 0.1) is 0 Å². The van der Waals surface area contributed by atoms with Crippen molar-refractivity contribution in [1.82, 2.24) is 9.78 Å². The highest BCUT2D eigenvalue weighted by Crippen LogP contribution is 2.39. The number of fused-ring (bicyclic) bond motifs is 3. The number of nitrogens with two attached hydrogens (primary N) is 1. The maximum Gasteiger partial charge on any atom is 0.354 e. The molecule has 1 aliphatic heterocycles. The molecule has 2 aliphatic carbocycles. The molecule has 30 heavy (non-hydrogen) atoms. The predicted molar refractivity (Wildman–Crippen MR) is 114 cm³/mol. The van der Waals surface area contributed by atoms with Crippen molar-refractivity contribution in [1.29, 1.82) is 0 Å². The largest absolute Gasteiger partial charge is 0.477 e. The van der Waals surface area contributed by atoms with E-state index in [1.165, 1.54) is 28.5 Å². The fraction of sp³-hybridized carbons (Fsp3) is 0.524. The summed E-state index contributed by atoms with van der Waals surface area (Å²) in [5, 5.41) is 13.3. The number of nitrogens with zero attached hydrogens (tertiary/aromatic N) is 3. The molecule has 0 saturated heterocycles. The molecule has 3 N–H and O–H groups in total. The van der Waals surface area contributed by atoms with Gasteiger partial charge in [-0.1, -0.05) is 6.07 Å². The van der Waals surface area contributed by atoms with Gasteiger partial charge in [0.05, 0.1) is 18.3 Å². The minimum absolute atomic E-state index is 0.161. The van der Waals surface area contributed by atoms with E-state index in [4.69, 9.17) is 9.88 Å². The molecule has 3 aliphatic rings. The topological polar surface area (TPSA) is 112 Å². The number of anilines is 1. The molecular formula is C21H27N5O3S. The molecule has 1 aromatic carbocycles. The van der Waals surface area contributed by atoms with E-state index >= 15 is 0 Å². The third-order valence-corrected chi connectivity index (χ3v) is 7.81. The molecular weight excluding hydrogens is 402 g/mol. The van der Waals surface area contributed by atoms with Crippen LogP contribution in [0.25, 0.3) is 0 Å². The van der Waals surface area contributed by atoms with E-state index < -0.39 is 15.9 Å². The smallest absolute Gasteiger partial charge is 0.354 e. The van der Waals surface area contributed by atoms with Gasteiger partial charge in [-0.3, -0.25) is 0 Å². The Morgan fingerprint density at radius 1 is 1.23 bits per heavy atom. The Balaban J connectivity index is 1.49. The lowest BCUT2D eigenvalue weighted by molar-refractivity contribution is 0.135. The number of urea groups is 1. The summed E-state index contributed by atoms with van der Waals surface area (Å²) >= 11 is 0. The maximum absolute atomic E-state index is 13.2. The average Bonchev–Trinajstić information content (AvgIpc) is 3.39. The van der Waals surface area contributed by atoms with Crippen LogP contribution in [0.5, 0.6) is 5.88 Å². The fourth-order valence-corrected chi connectivity index (χ4v) is 5.84. The summed E-state index contributed by atoms with van der Waals surface area (Å²) in [6.45, 7) is 4.51. The SMILES string of the molecule is CC1(C)CCOc2c([S@](N)(=O)=NC(=O)Nc3c4c(cc5c3CCC5)CCC4)cnn21. The number of hydrogen-bond acceptors (Lipinski definition) is 4. The molecule has 0 fully saturated rings. The van der Waals surface area contributed by atoms with Crippen LogP contribution in [0.3, 0.4) is 0 Å². The zero-order valence-electron chi connectivity index (χ0n) is 17.4. The minimum atomic E-state index is -3.50. The van der Waals surface area contributed by atoms with Gasteiger partial charge in [-0.05, 0) is 74.6 Å².